The fraction of sp³-hybridized carbons (Fsp3) is 0.133. The van der Waals surface area contributed by atoms with Crippen molar-refractivity contribution >= 4 is 23.4 Å². The predicted molar refractivity (Wildman–Crippen MR) is 72.3 cm³/mol. The summed E-state index contributed by atoms with van der Waals surface area (Å²) in [6, 6.07) is 12.1. The molecule has 0 amide bonds. The van der Waals surface area contributed by atoms with E-state index in [0.29, 0.717) is 5.56 Å². The number of rotatable bonds is 2. The number of esters is 1. The minimum atomic E-state index is -1.05. The number of ketones is 1. The van der Waals surface area contributed by atoms with Gasteiger partial charge in [0.2, 0.25) is 0 Å². The van der Waals surface area contributed by atoms with E-state index in [9.17, 15) is 9.59 Å². The zero-order valence-electron chi connectivity index (χ0n) is 10.3. The van der Waals surface area contributed by atoms with Crippen LogP contribution >= 0.6 is 11.6 Å². The average Bonchev–Trinajstić information content (AvgIpc) is 2.76. The number of hydrogen-bond donors (Lipinski definition) is 0. The van der Waals surface area contributed by atoms with Crippen LogP contribution in [-0.4, -0.2) is 16.7 Å². The minimum Gasteiger partial charge on any atom is -0.449 e. The Kier molecular flexibility index (Phi) is 3.24. The second-order valence-corrected chi connectivity index (χ2v) is 4.84. The number of ether oxygens (including phenoxy) is 1. The number of carbonyl (C=O) groups is 2. The van der Waals surface area contributed by atoms with Gasteiger partial charge >= 0.3 is 5.97 Å². The van der Waals surface area contributed by atoms with Gasteiger partial charge in [-0.05, 0) is 12.1 Å². The summed E-state index contributed by atoms with van der Waals surface area (Å²) in [6.45, 7) is 0. The molecule has 4 nitrogen and oxygen atoms in total. The number of cyclic esters (lactones) is 1. The molecule has 0 N–H and O–H groups in total. The molecule has 3 rings (SSSR count). The summed E-state index contributed by atoms with van der Waals surface area (Å²) < 4.78 is 5.19. The van der Waals surface area contributed by atoms with Gasteiger partial charge in [0.15, 0.2) is 17.8 Å². The van der Waals surface area contributed by atoms with Crippen molar-refractivity contribution in [2.75, 3.05) is 0 Å². The van der Waals surface area contributed by atoms with E-state index in [2.05, 4.69) is 4.98 Å². The third-order valence-corrected chi connectivity index (χ3v) is 3.49. The minimum absolute atomic E-state index is 0.252. The molecular weight excluding hydrogens is 278 g/mol. The highest BCUT2D eigenvalue weighted by atomic mass is 35.5. The van der Waals surface area contributed by atoms with Crippen molar-refractivity contribution < 1.29 is 14.3 Å². The number of halogens is 1. The van der Waals surface area contributed by atoms with Gasteiger partial charge in [-0.25, -0.2) is 0 Å². The highest BCUT2D eigenvalue weighted by Gasteiger charge is 2.46. The average molecular weight is 288 g/mol. The van der Waals surface area contributed by atoms with Gasteiger partial charge in [-0.2, -0.15) is 0 Å². The van der Waals surface area contributed by atoms with Gasteiger partial charge in [0.1, 0.15) is 0 Å². The summed E-state index contributed by atoms with van der Waals surface area (Å²) in [4.78, 5) is 28.4. The van der Waals surface area contributed by atoms with Gasteiger partial charge in [-0.15, -0.1) is 0 Å². The van der Waals surface area contributed by atoms with Gasteiger partial charge in [-0.3, -0.25) is 14.6 Å². The molecule has 1 aliphatic rings. The largest absolute Gasteiger partial charge is 0.449 e. The molecular formula is C15H10ClNO3. The van der Waals surface area contributed by atoms with E-state index in [1.54, 1.807) is 36.4 Å². The molecule has 0 bridgehead atoms. The van der Waals surface area contributed by atoms with Crippen molar-refractivity contribution in [3.05, 3.63) is 64.9 Å². The highest BCUT2D eigenvalue weighted by Crippen LogP contribution is 2.37. The number of aromatic nitrogens is 1. The number of nitrogens with zero attached hydrogens (tertiary/aromatic N) is 1. The van der Waals surface area contributed by atoms with Crippen molar-refractivity contribution in [3.63, 3.8) is 0 Å². The van der Waals surface area contributed by atoms with Crippen LogP contribution < -0.4 is 0 Å². The van der Waals surface area contributed by atoms with Crippen molar-refractivity contribution in [3.8, 4) is 0 Å². The van der Waals surface area contributed by atoms with Gasteiger partial charge in [0.25, 0.3) is 0 Å². The van der Waals surface area contributed by atoms with Crippen LogP contribution in [0.25, 0.3) is 0 Å². The number of Topliss-reactive ketones (excluding diaryl/α,β-unsaturated/α-hetero) is 1. The van der Waals surface area contributed by atoms with Crippen molar-refractivity contribution in [1.29, 1.82) is 0 Å². The van der Waals surface area contributed by atoms with Gasteiger partial charge in [0.05, 0.1) is 10.7 Å². The molecule has 0 spiro atoms. The Morgan fingerprint density at radius 1 is 1.05 bits per heavy atom. The summed E-state index contributed by atoms with van der Waals surface area (Å²) in [5.74, 6) is -1.99. The lowest BCUT2D eigenvalue weighted by molar-refractivity contribution is -0.143. The van der Waals surface area contributed by atoms with Crippen molar-refractivity contribution in [2.45, 2.75) is 12.0 Å². The fourth-order valence-electron chi connectivity index (χ4n) is 2.23. The molecule has 2 heterocycles. The maximum atomic E-state index is 12.4. The number of pyridine rings is 1. The number of carbonyl (C=O) groups excluding carboxylic acids is 2. The normalized spacial score (nSPS) is 21.9. The first kappa shape index (κ1) is 12.8. The Morgan fingerprint density at radius 3 is 2.50 bits per heavy atom. The Bertz CT molecular complexity index is 672. The molecule has 1 saturated heterocycles. The zero-order chi connectivity index (χ0) is 14.1. The molecule has 1 aromatic heterocycles. The molecule has 0 saturated carbocycles. The third-order valence-electron chi connectivity index (χ3n) is 3.18. The molecule has 1 aliphatic heterocycles. The predicted octanol–water partition coefficient (Wildman–Crippen LogP) is 2.69. The maximum Gasteiger partial charge on any atom is 0.323 e. The highest BCUT2D eigenvalue weighted by molar-refractivity contribution is 6.32. The second-order valence-electron chi connectivity index (χ2n) is 4.43. The smallest absolute Gasteiger partial charge is 0.323 e. The lowest BCUT2D eigenvalue weighted by Crippen LogP contribution is -2.16. The molecule has 1 fully saturated rings. The van der Waals surface area contributed by atoms with Gasteiger partial charge < -0.3 is 4.74 Å². The first-order valence-corrected chi connectivity index (χ1v) is 6.46. The summed E-state index contributed by atoms with van der Waals surface area (Å²) >= 11 is 6.01. The molecule has 1 aromatic carbocycles. The standard InChI is InChI=1S/C15H10ClNO3/c16-10-7-4-8-17-12(10)11-13(18)14(20-15(11)19)9-5-2-1-3-6-9/h1-8,11,14H. The van der Waals surface area contributed by atoms with Crippen LogP contribution in [0.2, 0.25) is 5.02 Å². The van der Waals surface area contributed by atoms with Crippen LogP contribution in [0.3, 0.4) is 0 Å². The zero-order valence-corrected chi connectivity index (χ0v) is 11.1. The maximum absolute atomic E-state index is 12.4. The van der Waals surface area contributed by atoms with E-state index in [-0.39, 0.29) is 16.5 Å². The summed E-state index contributed by atoms with van der Waals surface area (Å²) in [6.07, 6.45) is 0.615. The Labute approximate surface area is 120 Å². The first-order chi connectivity index (χ1) is 9.68. The summed E-state index contributed by atoms with van der Waals surface area (Å²) in [5.41, 5.74) is 0.906. The van der Waals surface area contributed by atoms with Crippen molar-refractivity contribution in [1.82, 2.24) is 4.98 Å². The SMILES string of the molecule is O=C1OC(c2ccccc2)C(=O)C1c1ncccc1Cl. The fourth-order valence-corrected chi connectivity index (χ4v) is 2.46. The van der Waals surface area contributed by atoms with Crippen LogP contribution in [-0.2, 0) is 14.3 Å². The summed E-state index contributed by atoms with van der Waals surface area (Å²) in [5, 5.41) is 0.288. The molecule has 20 heavy (non-hydrogen) atoms. The molecule has 0 radical (unpaired) electrons. The molecule has 5 heteroatoms. The first-order valence-electron chi connectivity index (χ1n) is 6.08. The topological polar surface area (TPSA) is 56.3 Å². The monoisotopic (exact) mass is 287 g/mol. The quantitative estimate of drug-likeness (QED) is 0.629. The van der Waals surface area contributed by atoms with E-state index >= 15 is 0 Å². The lowest BCUT2D eigenvalue weighted by atomic mass is 9.95. The Balaban J connectivity index is 1.98. The van der Waals surface area contributed by atoms with E-state index in [0.717, 1.165) is 0 Å². The van der Waals surface area contributed by atoms with E-state index < -0.39 is 18.0 Å². The molecule has 0 aliphatic carbocycles. The van der Waals surface area contributed by atoms with Crippen LogP contribution in [0, 0.1) is 0 Å². The Morgan fingerprint density at radius 2 is 1.80 bits per heavy atom. The van der Waals surface area contributed by atoms with E-state index in [1.807, 2.05) is 6.07 Å². The number of benzene rings is 1. The molecule has 100 valence electrons. The van der Waals surface area contributed by atoms with Gasteiger partial charge in [0, 0.05) is 11.8 Å². The van der Waals surface area contributed by atoms with E-state index in [1.165, 1.54) is 6.20 Å². The third kappa shape index (κ3) is 2.08. The molecule has 2 aromatic rings. The lowest BCUT2D eigenvalue weighted by Gasteiger charge is -2.07. The van der Waals surface area contributed by atoms with Crippen LogP contribution in [0.1, 0.15) is 23.3 Å². The number of hydrogen-bond acceptors (Lipinski definition) is 4. The van der Waals surface area contributed by atoms with Gasteiger partial charge in [-0.1, -0.05) is 41.9 Å². The Hall–Kier alpha value is -2.20. The summed E-state index contributed by atoms with van der Waals surface area (Å²) in [7, 11) is 0. The molecule has 2 unspecified atom stereocenters. The molecule has 2 atom stereocenters. The second kappa shape index (κ2) is 5.06. The van der Waals surface area contributed by atoms with Crippen LogP contribution in [0.4, 0.5) is 0 Å². The van der Waals surface area contributed by atoms with Crippen LogP contribution in [0.15, 0.2) is 48.7 Å². The van der Waals surface area contributed by atoms with E-state index in [4.69, 9.17) is 16.3 Å². The van der Waals surface area contributed by atoms with Crippen LogP contribution in [0.5, 0.6) is 0 Å². The van der Waals surface area contributed by atoms with Crippen molar-refractivity contribution in [2.24, 2.45) is 0 Å².